The van der Waals surface area contributed by atoms with Gasteiger partial charge in [0, 0.05) is 5.75 Å². The topological polar surface area (TPSA) is 53.4 Å². The van der Waals surface area contributed by atoms with Gasteiger partial charge in [-0.1, -0.05) is 35.5 Å². The molecule has 0 radical (unpaired) electrons. The van der Waals surface area contributed by atoms with E-state index in [1.807, 2.05) is 6.07 Å². The number of ether oxygens (including phenoxy) is 2. The van der Waals surface area contributed by atoms with Gasteiger partial charge in [-0.2, -0.15) is 0 Å². The number of rotatable bonds is 4. The highest BCUT2D eigenvalue weighted by Gasteiger charge is 2.19. The van der Waals surface area contributed by atoms with Crippen LogP contribution >= 0.6 is 23.4 Å². The predicted molar refractivity (Wildman–Crippen MR) is 103 cm³/mol. The molecule has 0 spiro atoms. The van der Waals surface area contributed by atoms with Crippen molar-refractivity contribution >= 4 is 34.3 Å². The minimum atomic E-state index is -0.535. The highest BCUT2D eigenvalue weighted by Crippen LogP contribution is 2.26. The number of para-hydroxylation sites is 1. The SMILES string of the molecule is O=c1c2ccccc2nc(SC[C@H]2CCOCO2)n1-c1ccc(F)c(Cl)c1. The quantitative estimate of drug-likeness (QED) is 0.483. The van der Waals surface area contributed by atoms with E-state index in [9.17, 15) is 9.18 Å². The van der Waals surface area contributed by atoms with Gasteiger partial charge in [-0.25, -0.2) is 9.37 Å². The van der Waals surface area contributed by atoms with Crippen LogP contribution in [0.3, 0.4) is 0 Å². The molecule has 1 aromatic heterocycles. The van der Waals surface area contributed by atoms with Crippen molar-refractivity contribution in [2.24, 2.45) is 0 Å². The third-order valence-corrected chi connectivity index (χ3v) is 5.64. The van der Waals surface area contributed by atoms with E-state index in [0.717, 1.165) is 6.42 Å². The number of hydrogen-bond acceptors (Lipinski definition) is 5. The van der Waals surface area contributed by atoms with Crippen molar-refractivity contribution in [1.29, 1.82) is 0 Å². The van der Waals surface area contributed by atoms with E-state index in [4.69, 9.17) is 21.1 Å². The summed E-state index contributed by atoms with van der Waals surface area (Å²) in [7, 11) is 0. The van der Waals surface area contributed by atoms with Crippen molar-refractivity contribution in [2.45, 2.75) is 17.7 Å². The van der Waals surface area contributed by atoms with E-state index >= 15 is 0 Å². The highest BCUT2D eigenvalue weighted by molar-refractivity contribution is 7.99. The lowest BCUT2D eigenvalue weighted by Gasteiger charge is -2.22. The summed E-state index contributed by atoms with van der Waals surface area (Å²) in [6, 6.07) is 11.4. The Bertz CT molecular complexity index is 1040. The maximum absolute atomic E-state index is 13.6. The molecule has 1 saturated heterocycles. The highest BCUT2D eigenvalue weighted by atomic mass is 35.5. The molecule has 2 aromatic carbocycles. The summed E-state index contributed by atoms with van der Waals surface area (Å²) in [4.78, 5) is 17.8. The summed E-state index contributed by atoms with van der Waals surface area (Å²) in [5.74, 6) is 0.0929. The molecular formula is C19H16ClFN2O3S. The average molecular weight is 407 g/mol. The van der Waals surface area contributed by atoms with Crippen molar-refractivity contribution in [3.05, 3.63) is 63.7 Å². The number of thioether (sulfide) groups is 1. The summed E-state index contributed by atoms with van der Waals surface area (Å²) in [5, 5.41) is 0.956. The van der Waals surface area contributed by atoms with Gasteiger partial charge in [0.25, 0.3) is 5.56 Å². The van der Waals surface area contributed by atoms with E-state index in [1.54, 1.807) is 18.2 Å². The standard InChI is InChI=1S/C19H16ClFN2O3S/c20-15-9-12(5-6-16(15)21)23-18(24)14-3-1-2-4-17(14)22-19(23)27-10-13-7-8-25-11-26-13/h1-6,9,13H,7-8,10-11H2/t13-/m1/s1. The Morgan fingerprint density at radius 2 is 2.15 bits per heavy atom. The second-order valence-corrected chi connectivity index (χ2v) is 7.46. The van der Waals surface area contributed by atoms with Crippen LogP contribution in [-0.2, 0) is 9.47 Å². The van der Waals surface area contributed by atoms with Gasteiger partial charge in [0.2, 0.25) is 0 Å². The van der Waals surface area contributed by atoms with Crippen molar-refractivity contribution < 1.29 is 13.9 Å². The van der Waals surface area contributed by atoms with Crippen molar-refractivity contribution in [1.82, 2.24) is 9.55 Å². The van der Waals surface area contributed by atoms with E-state index in [1.165, 1.54) is 34.5 Å². The van der Waals surface area contributed by atoms with Gasteiger partial charge in [0.05, 0.1) is 34.3 Å². The molecule has 27 heavy (non-hydrogen) atoms. The van der Waals surface area contributed by atoms with Crippen LogP contribution in [0.2, 0.25) is 5.02 Å². The third kappa shape index (κ3) is 3.87. The number of benzene rings is 2. The molecule has 1 aliphatic rings. The second kappa shape index (κ2) is 7.98. The Kier molecular flexibility index (Phi) is 5.45. The summed E-state index contributed by atoms with van der Waals surface area (Å²) in [5.41, 5.74) is 0.862. The normalized spacial score (nSPS) is 17.3. The molecule has 0 aliphatic carbocycles. The first-order chi connectivity index (χ1) is 13.1. The maximum atomic E-state index is 13.6. The van der Waals surface area contributed by atoms with Gasteiger partial charge in [-0.15, -0.1) is 0 Å². The van der Waals surface area contributed by atoms with Gasteiger partial charge in [-0.05, 0) is 36.8 Å². The molecule has 4 rings (SSSR count). The van der Waals surface area contributed by atoms with Crippen molar-refractivity contribution in [2.75, 3.05) is 19.2 Å². The van der Waals surface area contributed by atoms with E-state index in [2.05, 4.69) is 4.98 Å². The fourth-order valence-corrected chi connectivity index (χ4v) is 4.11. The van der Waals surface area contributed by atoms with Crippen LogP contribution < -0.4 is 5.56 Å². The number of fused-ring (bicyclic) bond motifs is 1. The molecule has 1 atom stereocenters. The van der Waals surface area contributed by atoms with E-state index in [0.29, 0.717) is 34.1 Å². The van der Waals surface area contributed by atoms with Crippen LogP contribution in [0.1, 0.15) is 6.42 Å². The van der Waals surface area contributed by atoms with Crippen LogP contribution in [0.4, 0.5) is 4.39 Å². The summed E-state index contributed by atoms with van der Waals surface area (Å²) in [6.45, 7) is 0.924. The molecule has 0 amide bonds. The third-order valence-electron chi connectivity index (χ3n) is 4.28. The predicted octanol–water partition coefficient (Wildman–Crippen LogP) is 4.03. The van der Waals surface area contributed by atoms with Crippen LogP contribution in [-0.4, -0.2) is 34.8 Å². The van der Waals surface area contributed by atoms with Gasteiger partial charge in [-0.3, -0.25) is 9.36 Å². The Morgan fingerprint density at radius 1 is 1.30 bits per heavy atom. The van der Waals surface area contributed by atoms with Crippen LogP contribution in [0.25, 0.3) is 16.6 Å². The van der Waals surface area contributed by atoms with Crippen molar-refractivity contribution in [3.8, 4) is 5.69 Å². The first-order valence-electron chi connectivity index (χ1n) is 8.43. The van der Waals surface area contributed by atoms with Gasteiger partial charge in [0.1, 0.15) is 12.6 Å². The van der Waals surface area contributed by atoms with Crippen LogP contribution in [0.15, 0.2) is 52.4 Å². The molecule has 1 aliphatic heterocycles. The molecule has 140 valence electrons. The van der Waals surface area contributed by atoms with Crippen LogP contribution in [0.5, 0.6) is 0 Å². The summed E-state index contributed by atoms with van der Waals surface area (Å²) >= 11 is 7.36. The molecule has 0 bridgehead atoms. The number of aromatic nitrogens is 2. The lowest BCUT2D eigenvalue weighted by molar-refractivity contribution is -0.130. The molecule has 2 heterocycles. The fourth-order valence-electron chi connectivity index (χ4n) is 2.86. The first kappa shape index (κ1) is 18.4. The molecule has 5 nitrogen and oxygen atoms in total. The molecule has 0 saturated carbocycles. The summed E-state index contributed by atoms with van der Waals surface area (Å²) < 4.78 is 25.8. The minimum Gasteiger partial charge on any atom is -0.355 e. The monoisotopic (exact) mass is 406 g/mol. The lowest BCUT2D eigenvalue weighted by atomic mass is 10.2. The zero-order valence-electron chi connectivity index (χ0n) is 14.2. The number of halogens is 2. The molecule has 0 unspecified atom stereocenters. The Balaban J connectivity index is 1.79. The Hall–Kier alpha value is -1.93. The molecule has 8 heteroatoms. The Labute approximate surface area is 164 Å². The van der Waals surface area contributed by atoms with Gasteiger partial charge >= 0.3 is 0 Å². The summed E-state index contributed by atoms with van der Waals surface area (Å²) in [6.07, 6.45) is 0.810. The minimum absolute atomic E-state index is 0.0254. The molecule has 0 N–H and O–H groups in total. The maximum Gasteiger partial charge on any atom is 0.266 e. The Morgan fingerprint density at radius 3 is 2.93 bits per heavy atom. The van der Waals surface area contributed by atoms with E-state index in [-0.39, 0.29) is 23.5 Å². The number of hydrogen-bond donors (Lipinski definition) is 0. The lowest BCUT2D eigenvalue weighted by Crippen LogP contribution is -2.27. The zero-order chi connectivity index (χ0) is 18.8. The largest absolute Gasteiger partial charge is 0.355 e. The van der Waals surface area contributed by atoms with E-state index < -0.39 is 5.82 Å². The molecule has 1 fully saturated rings. The molecule has 3 aromatic rings. The van der Waals surface area contributed by atoms with Crippen molar-refractivity contribution in [3.63, 3.8) is 0 Å². The average Bonchev–Trinajstić information content (AvgIpc) is 2.70. The fraction of sp³-hybridized carbons (Fsp3) is 0.263. The molecular weight excluding hydrogens is 391 g/mol. The van der Waals surface area contributed by atoms with Gasteiger partial charge in [0.15, 0.2) is 5.16 Å². The first-order valence-corrected chi connectivity index (χ1v) is 9.79. The second-order valence-electron chi connectivity index (χ2n) is 6.06. The number of nitrogens with zero attached hydrogens (tertiary/aromatic N) is 2. The zero-order valence-corrected chi connectivity index (χ0v) is 15.8. The smallest absolute Gasteiger partial charge is 0.266 e. The van der Waals surface area contributed by atoms with Gasteiger partial charge < -0.3 is 9.47 Å². The van der Waals surface area contributed by atoms with Crippen LogP contribution in [0, 0.1) is 5.82 Å².